The fourth-order valence-corrected chi connectivity index (χ4v) is 6.45. The van der Waals surface area contributed by atoms with Crippen molar-refractivity contribution in [3.63, 3.8) is 0 Å². The predicted molar refractivity (Wildman–Crippen MR) is 112 cm³/mol. The first-order valence-electron chi connectivity index (χ1n) is 10.9. The molecule has 0 heterocycles. The number of allylic oxidation sites excluding steroid dienone is 3. The number of rotatable bonds is 3. The van der Waals surface area contributed by atoms with E-state index in [9.17, 15) is 5.11 Å². The molecule has 0 bridgehead atoms. The zero-order valence-electron chi connectivity index (χ0n) is 17.8. The minimum absolute atomic E-state index is 0.346. The molecule has 5 atom stereocenters. The lowest BCUT2D eigenvalue weighted by Gasteiger charge is -2.48. The summed E-state index contributed by atoms with van der Waals surface area (Å²) in [5.41, 5.74) is 5.04. The number of fused-ring (bicyclic) bond motifs is 1. The second-order valence-corrected chi connectivity index (χ2v) is 10.4. The van der Waals surface area contributed by atoms with Gasteiger partial charge in [0.2, 0.25) is 0 Å². The van der Waals surface area contributed by atoms with Crippen molar-refractivity contribution in [3.8, 4) is 0 Å². The average molecular weight is 357 g/mol. The first-order chi connectivity index (χ1) is 12.2. The highest BCUT2D eigenvalue weighted by Crippen LogP contribution is 2.62. The van der Waals surface area contributed by atoms with E-state index in [-0.39, 0.29) is 6.10 Å². The van der Waals surface area contributed by atoms with Gasteiger partial charge >= 0.3 is 0 Å². The van der Waals surface area contributed by atoms with Gasteiger partial charge in [0.25, 0.3) is 0 Å². The van der Waals surface area contributed by atoms with Gasteiger partial charge in [-0.25, -0.2) is 0 Å². The van der Waals surface area contributed by atoms with Crippen molar-refractivity contribution in [2.75, 3.05) is 0 Å². The maximum atomic E-state index is 10.2. The molecule has 3 aliphatic carbocycles. The molecule has 3 fully saturated rings. The van der Waals surface area contributed by atoms with Crippen LogP contribution >= 0.6 is 0 Å². The molecule has 3 aliphatic rings. The van der Waals surface area contributed by atoms with Gasteiger partial charge < -0.3 is 5.11 Å². The van der Waals surface area contributed by atoms with Gasteiger partial charge in [-0.1, -0.05) is 70.9 Å². The van der Waals surface area contributed by atoms with Crippen LogP contribution in [-0.4, -0.2) is 11.2 Å². The summed E-state index contributed by atoms with van der Waals surface area (Å²) in [5.74, 6) is 2.02. The molecule has 3 saturated carbocycles. The Hall–Kier alpha value is -0.820. The Morgan fingerprint density at radius 2 is 1.96 bits per heavy atom. The van der Waals surface area contributed by atoms with E-state index in [1.807, 2.05) is 0 Å². The van der Waals surface area contributed by atoms with Gasteiger partial charge in [0.15, 0.2) is 0 Å². The summed E-state index contributed by atoms with van der Waals surface area (Å²) in [5, 5.41) is 10.2. The predicted octanol–water partition coefficient (Wildman–Crippen LogP) is 6.84. The minimum atomic E-state index is -0.346. The monoisotopic (exact) mass is 356 g/mol. The lowest BCUT2D eigenvalue weighted by Crippen LogP contribution is -2.39. The maximum absolute atomic E-state index is 10.2. The number of aliphatic hydroxyl groups is 1. The maximum Gasteiger partial charge on any atom is 0.0787 e. The lowest BCUT2D eigenvalue weighted by atomic mass is 9.57. The Balaban J connectivity index is 1.81. The van der Waals surface area contributed by atoms with E-state index in [4.69, 9.17) is 0 Å². The molecule has 0 amide bonds. The molecule has 1 N–H and O–H groups in total. The fourth-order valence-electron chi connectivity index (χ4n) is 6.45. The van der Waals surface area contributed by atoms with Gasteiger partial charge in [0.05, 0.1) is 6.10 Å². The van der Waals surface area contributed by atoms with Gasteiger partial charge in [-0.05, 0) is 79.1 Å². The van der Waals surface area contributed by atoms with E-state index >= 15 is 0 Å². The quantitative estimate of drug-likeness (QED) is 0.549. The standard InChI is InChI=1S/C25H40O/c1-7-24(4,5)23-13-12-21-20(9-8-14-25(21,23)6)11-10-19-15-17(2)18(3)22(26)16-19/h10-11,17,21-23,26H,3,7-9,12-16H2,1-2,4-6H3/b19-10+,20-11+/t17-,21+,22-,23-,25+/m1/s1. The van der Waals surface area contributed by atoms with Gasteiger partial charge in [-0.15, -0.1) is 0 Å². The summed E-state index contributed by atoms with van der Waals surface area (Å²) >= 11 is 0. The largest absolute Gasteiger partial charge is 0.388 e. The molecule has 0 aromatic heterocycles. The Morgan fingerprint density at radius 3 is 2.62 bits per heavy atom. The Morgan fingerprint density at radius 1 is 1.23 bits per heavy atom. The molecule has 1 nitrogen and oxygen atoms in total. The molecule has 0 saturated heterocycles. The van der Waals surface area contributed by atoms with Crippen LogP contribution < -0.4 is 0 Å². The van der Waals surface area contributed by atoms with Crippen LogP contribution in [0, 0.1) is 28.6 Å². The van der Waals surface area contributed by atoms with E-state index in [1.54, 1.807) is 5.57 Å². The molecule has 0 spiro atoms. The highest BCUT2D eigenvalue weighted by Gasteiger charge is 2.53. The molecule has 0 aromatic carbocycles. The fraction of sp³-hybridized carbons (Fsp3) is 0.760. The zero-order valence-corrected chi connectivity index (χ0v) is 17.8. The Labute approximate surface area is 161 Å². The van der Waals surface area contributed by atoms with E-state index in [0.717, 1.165) is 30.3 Å². The summed E-state index contributed by atoms with van der Waals surface area (Å²) in [6.07, 6.45) is 14.4. The van der Waals surface area contributed by atoms with E-state index in [1.165, 1.54) is 44.1 Å². The van der Waals surface area contributed by atoms with E-state index in [2.05, 4.69) is 53.3 Å². The normalized spacial score (nSPS) is 41.7. The first kappa shape index (κ1) is 19.9. The van der Waals surface area contributed by atoms with Crippen molar-refractivity contribution in [2.45, 2.75) is 92.1 Å². The SMILES string of the molecule is C=C1[C@H](C)C/C(=C\C=C2/CCC[C@]3(C)[C@@H](C(C)(C)CC)CC[C@@H]23)C[C@H]1O. The summed E-state index contributed by atoms with van der Waals surface area (Å²) in [6, 6.07) is 0. The molecule has 26 heavy (non-hydrogen) atoms. The number of hydrogen-bond donors (Lipinski definition) is 1. The van der Waals surface area contributed by atoms with E-state index < -0.39 is 0 Å². The molecule has 0 aromatic rings. The minimum Gasteiger partial charge on any atom is -0.388 e. The van der Waals surface area contributed by atoms with Crippen molar-refractivity contribution in [1.82, 2.24) is 0 Å². The van der Waals surface area contributed by atoms with Crippen molar-refractivity contribution in [3.05, 3.63) is 35.5 Å². The topological polar surface area (TPSA) is 20.2 Å². The third-order valence-corrected chi connectivity index (χ3v) is 8.44. The molecule has 0 unspecified atom stereocenters. The first-order valence-corrected chi connectivity index (χ1v) is 10.9. The molecule has 1 heteroatoms. The molecule has 146 valence electrons. The summed E-state index contributed by atoms with van der Waals surface area (Å²) in [7, 11) is 0. The third kappa shape index (κ3) is 3.49. The van der Waals surface area contributed by atoms with Crippen molar-refractivity contribution in [2.24, 2.45) is 28.6 Å². The highest BCUT2D eigenvalue weighted by atomic mass is 16.3. The van der Waals surface area contributed by atoms with Crippen LogP contribution in [0.15, 0.2) is 35.5 Å². The average Bonchev–Trinajstić information content (AvgIpc) is 2.96. The van der Waals surface area contributed by atoms with Crippen LogP contribution in [-0.2, 0) is 0 Å². The van der Waals surface area contributed by atoms with Gasteiger partial charge in [0.1, 0.15) is 0 Å². The molecular weight excluding hydrogens is 316 g/mol. The summed E-state index contributed by atoms with van der Waals surface area (Å²) in [4.78, 5) is 0. The van der Waals surface area contributed by atoms with Crippen LogP contribution in [0.25, 0.3) is 0 Å². The van der Waals surface area contributed by atoms with Crippen LogP contribution in [0.3, 0.4) is 0 Å². The second kappa shape index (κ2) is 7.30. The molecule has 0 radical (unpaired) electrons. The Bertz CT molecular complexity index is 592. The van der Waals surface area contributed by atoms with Gasteiger partial charge in [0, 0.05) is 0 Å². The van der Waals surface area contributed by atoms with Crippen LogP contribution in [0.1, 0.15) is 86.0 Å². The van der Waals surface area contributed by atoms with Crippen LogP contribution in [0.5, 0.6) is 0 Å². The highest BCUT2D eigenvalue weighted by molar-refractivity contribution is 5.29. The molecule has 3 rings (SSSR count). The lowest BCUT2D eigenvalue weighted by molar-refractivity contribution is 0.0435. The smallest absolute Gasteiger partial charge is 0.0787 e. The van der Waals surface area contributed by atoms with Crippen LogP contribution in [0.2, 0.25) is 0 Å². The summed E-state index contributed by atoms with van der Waals surface area (Å²) < 4.78 is 0. The molecular formula is C25H40O. The third-order valence-electron chi connectivity index (χ3n) is 8.44. The van der Waals surface area contributed by atoms with Gasteiger partial charge in [-0.3, -0.25) is 0 Å². The van der Waals surface area contributed by atoms with Crippen molar-refractivity contribution >= 4 is 0 Å². The zero-order chi connectivity index (χ0) is 19.1. The van der Waals surface area contributed by atoms with Gasteiger partial charge in [-0.2, -0.15) is 0 Å². The van der Waals surface area contributed by atoms with E-state index in [0.29, 0.717) is 16.7 Å². The van der Waals surface area contributed by atoms with Crippen LogP contribution in [0.4, 0.5) is 0 Å². The molecule has 0 aliphatic heterocycles. The number of hydrogen-bond acceptors (Lipinski definition) is 1. The summed E-state index contributed by atoms with van der Waals surface area (Å²) in [6.45, 7) is 16.2. The second-order valence-electron chi connectivity index (χ2n) is 10.4. The Kier molecular flexibility index (Phi) is 5.60. The number of aliphatic hydroxyl groups excluding tert-OH is 1. The van der Waals surface area contributed by atoms with Crippen molar-refractivity contribution < 1.29 is 5.11 Å². The van der Waals surface area contributed by atoms with Crippen molar-refractivity contribution in [1.29, 1.82) is 0 Å².